The number of nitrogens with two attached hydrogens (primary N) is 1. The van der Waals surface area contributed by atoms with Crippen LogP contribution in [-0.2, 0) is 0 Å². The van der Waals surface area contributed by atoms with E-state index < -0.39 is 0 Å². The number of hydrogen-bond donors (Lipinski definition) is 3. The summed E-state index contributed by atoms with van der Waals surface area (Å²) in [4.78, 5) is 8.19. The van der Waals surface area contributed by atoms with Gasteiger partial charge in [0.15, 0.2) is 0 Å². The maximum absolute atomic E-state index is 5.28. The lowest BCUT2D eigenvalue weighted by Gasteiger charge is -2.16. The van der Waals surface area contributed by atoms with Crippen LogP contribution in [0.4, 0.5) is 0 Å². The lowest BCUT2D eigenvalue weighted by Crippen LogP contribution is -2.43. The molecule has 1 aromatic rings. The Labute approximate surface area is 87.4 Å². The quantitative estimate of drug-likeness (QED) is 0.298. The van der Waals surface area contributed by atoms with Gasteiger partial charge in [0.05, 0.1) is 6.04 Å². The third kappa shape index (κ3) is 2.68. The first kappa shape index (κ1) is 10.9. The van der Waals surface area contributed by atoms with Gasteiger partial charge in [0.25, 0.3) is 0 Å². The van der Waals surface area contributed by atoms with E-state index in [1.54, 1.807) is 24.6 Å². The molecule has 0 aromatic carbocycles. The molecule has 5 nitrogen and oxygen atoms in total. The third-order valence-corrected chi connectivity index (χ3v) is 2.72. The van der Waals surface area contributed by atoms with E-state index >= 15 is 0 Å². The molecule has 4 N–H and O–H groups in total. The van der Waals surface area contributed by atoms with Crippen LogP contribution < -0.4 is 16.6 Å². The van der Waals surface area contributed by atoms with Crippen molar-refractivity contribution >= 4 is 17.3 Å². The molecule has 6 heteroatoms. The van der Waals surface area contributed by atoms with E-state index in [0.29, 0.717) is 5.96 Å². The first-order valence-corrected chi connectivity index (χ1v) is 5.29. The molecule has 1 unspecified atom stereocenters. The van der Waals surface area contributed by atoms with Crippen molar-refractivity contribution in [2.45, 2.75) is 19.4 Å². The first-order chi connectivity index (χ1) is 6.81. The molecule has 0 bridgehead atoms. The number of aliphatic imine (C=N–C) groups is 1. The van der Waals surface area contributed by atoms with Crippen molar-refractivity contribution in [3.63, 3.8) is 0 Å². The van der Waals surface area contributed by atoms with Gasteiger partial charge in [-0.1, -0.05) is 6.92 Å². The Morgan fingerprint density at radius 1 is 1.79 bits per heavy atom. The zero-order chi connectivity index (χ0) is 10.4. The van der Waals surface area contributed by atoms with Crippen LogP contribution in [0.25, 0.3) is 0 Å². The molecule has 1 rings (SSSR count). The molecule has 0 aliphatic heterocycles. The van der Waals surface area contributed by atoms with Crippen molar-refractivity contribution < 1.29 is 0 Å². The molecule has 0 amide bonds. The maximum Gasteiger partial charge on any atom is 0.206 e. The predicted molar refractivity (Wildman–Crippen MR) is 59.0 cm³/mol. The Kier molecular flexibility index (Phi) is 4.34. The summed E-state index contributed by atoms with van der Waals surface area (Å²) in [7, 11) is 1.68. The van der Waals surface area contributed by atoms with Crippen LogP contribution in [0.3, 0.4) is 0 Å². The molecule has 0 fully saturated rings. The van der Waals surface area contributed by atoms with Crippen LogP contribution in [0.5, 0.6) is 0 Å². The number of hydrazine groups is 1. The number of nitrogens with one attached hydrogen (secondary N) is 2. The number of aromatic nitrogens is 1. The molecule has 1 aromatic heterocycles. The van der Waals surface area contributed by atoms with Crippen LogP contribution in [0.2, 0.25) is 0 Å². The van der Waals surface area contributed by atoms with Gasteiger partial charge in [0.2, 0.25) is 5.96 Å². The largest absolute Gasteiger partial charge is 0.346 e. The molecule has 14 heavy (non-hydrogen) atoms. The predicted octanol–water partition coefficient (Wildman–Crippen LogP) is 0.633. The third-order valence-electron chi connectivity index (χ3n) is 1.83. The average molecular weight is 213 g/mol. The van der Waals surface area contributed by atoms with Gasteiger partial charge in [-0.2, -0.15) is 0 Å². The fourth-order valence-electron chi connectivity index (χ4n) is 1.08. The topological polar surface area (TPSA) is 75.3 Å². The summed E-state index contributed by atoms with van der Waals surface area (Å²) in [6, 6.07) is 0.171. The highest BCUT2D eigenvalue weighted by molar-refractivity contribution is 7.09. The molecule has 0 saturated heterocycles. The number of rotatable bonds is 3. The molecular weight excluding hydrogens is 198 g/mol. The molecule has 0 spiro atoms. The molecule has 1 atom stereocenters. The van der Waals surface area contributed by atoms with Gasteiger partial charge in [0.1, 0.15) is 5.01 Å². The standard InChI is InChI=1S/C8H15N5S/c1-3-6(7-11-4-5-14-7)12-8(10-2)13-9/h4-6H,3,9H2,1-2H3,(H2,10,12,13). The van der Waals surface area contributed by atoms with Gasteiger partial charge in [-0.05, 0) is 6.42 Å². The Balaban J connectivity index is 2.64. The van der Waals surface area contributed by atoms with Crippen LogP contribution in [0, 0.1) is 0 Å². The minimum absolute atomic E-state index is 0.171. The number of thiazole rings is 1. The Bertz CT molecular complexity index is 282. The molecule has 78 valence electrons. The highest BCUT2D eigenvalue weighted by Gasteiger charge is 2.12. The Morgan fingerprint density at radius 3 is 3.00 bits per heavy atom. The van der Waals surface area contributed by atoms with Crippen molar-refractivity contribution in [3.05, 3.63) is 16.6 Å². The second-order valence-electron chi connectivity index (χ2n) is 2.69. The average Bonchev–Trinajstić information content (AvgIpc) is 2.73. The Hall–Kier alpha value is -1.14. The SMILES string of the molecule is CCC(NC(=NC)NN)c1nccs1. The molecule has 0 radical (unpaired) electrons. The van der Waals surface area contributed by atoms with Crippen molar-refractivity contribution in [2.75, 3.05) is 7.05 Å². The Morgan fingerprint density at radius 2 is 2.57 bits per heavy atom. The van der Waals surface area contributed by atoms with Gasteiger partial charge in [-0.15, -0.1) is 11.3 Å². The van der Waals surface area contributed by atoms with Gasteiger partial charge in [0, 0.05) is 18.6 Å². The van der Waals surface area contributed by atoms with Crippen molar-refractivity contribution in [3.8, 4) is 0 Å². The highest BCUT2D eigenvalue weighted by Crippen LogP contribution is 2.18. The summed E-state index contributed by atoms with van der Waals surface area (Å²) in [6.07, 6.45) is 2.73. The molecule has 0 aliphatic rings. The second-order valence-corrected chi connectivity index (χ2v) is 3.62. The second kappa shape index (κ2) is 5.56. The van der Waals surface area contributed by atoms with Crippen LogP contribution in [0.15, 0.2) is 16.6 Å². The molecule has 1 heterocycles. The summed E-state index contributed by atoms with van der Waals surface area (Å²) >= 11 is 1.62. The normalized spacial score (nSPS) is 13.8. The summed E-state index contributed by atoms with van der Waals surface area (Å²) in [5, 5.41) is 6.17. The van der Waals surface area contributed by atoms with E-state index in [-0.39, 0.29) is 6.04 Å². The summed E-state index contributed by atoms with van der Waals surface area (Å²) in [5.41, 5.74) is 2.49. The van der Waals surface area contributed by atoms with Crippen molar-refractivity contribution in [1.29, 1.82) is 0 Å². The van der Waals surface area contributed by atoms with E-state index in [0.717, 1.165) is 11.4 Å². The highest BCUT2D eigenvalue weighted by atomic mass is 32.1. The zero-order valence-electron chi connectivity index (χ0n) is 8.32. The van der Waals surface area contributed by atoms with Crippen LogP contribution in [-0.4, -0.2) is 18.0 Å². The van der Waals surface area contributed by atoms with Crippen LogP contribution in [0.1, 0.15) is 24.4 Å². The minimum atomic E-state index is 0.171. The summed E-state index contributed by atoms with van der Waals surface area (Å²) in [5.74, 6) is 5.86. The minimum Gasteiger partial charge on any atom is -0.346 e. The van der Waals surface area contributed by atoms with Crippen molar-refractivity contribution in [1.82, 2.24) is 15.7 Å². The van der Waals surface area contributed by atoms with E-state index in [4.69, 9.17) is 5.84 Å². The van der Waals surface area contributed by atoms with Crippen molar-refractivity contribution in [2.24, 2.45) is 10.8 Å². The van der Waals surface area contributed by atoms with E-state index in [9.17, 15) is 0 Å². The monoisotopic (exact) mass is 213 g/mol. The molecular formula is C8H15N5S. The summed E-state index contributed by atoms with van der Waals surface area (Å²) in [6.45, 7) is 2.09. The number of hydrogen-bond acceptors (Lipinski definition) is 4. The van der Waals surface area contributed by atoms with Gasteiger partial charge in [-0.3, -0.25) is 10.4 Å². The first-order valence-electron chi connectivity index (χ1n) is 4.41. The van der Waals surface area contributed by atoms with Gasteiger partial charge < -0.3 is 5.32 Å². The fraction of sp³-hybridized carbons (Fsp3) is 0.500. The summed E-state index contributed by atoms with van der Waals surface area (Å²) < 4.78 is 0. The smallest absolute Gasteiger partial charge is 0.206 e. The lowest BCUT2D eigenvalue weighted by atomic mass is 10.2. The van der Waals surface area contributed by atoms with Crippen LogP contribution >= 0.6 is 11.3 Å². The number of guanidine groups is 1. The van der Waals surface area contributed by atoms with Gasteiger partial charge in [-0.25, -0.2) is 10.8 Å². The van der Waals surface area contributed by atoms with Gasteiger partial charge >= 0.3 is 0 Å². The molecule has 0 aliphatic carbocycles. The molecule has 0 saturated carbocycles. The maximum atomic E-state index is 5.28. The lowest BCUT2D eigenvalue weighted by molar-refractivity contribution is 0.607. The zero-order valence-corrected chi connectivity index (χ0v) is 9.14. The van der Waals surface area contributed by atoms with E-state index in [1.165, 1.54) is 0 Å². The van der Waals surface area contributed by atoms with E-state index in [2.05, 4.69) is 27.6 Å². The van der Waals surface area contributed by atoms with E-state index in [1.807, 2.05) is 5.38 Å². The number of nitrogens with zero attached hydrogens (tertiary/aromatic N) is 2. The fourth-order valence-corrected chi connectivity index (χ4v) is 1.85.